The molecule has 10 nitrogen and oxygen atoms in total. The number of fused-ring (bicyclic) bond motifs is 2. The number of hydrogen-bond acceptors (Lipinski definition) is 10. The first-order valence-corrected chi connectivity index (χ1v) is 11.1. The molecule has 2 aliphatic heterocycles. The molecule has 5 aliphatic rings. The molecule has 0 spiro atoms. The highest BCUT2D eigenvalue weighted by atomic mass is 16.7. The Kier molecular flexibility index (Phi) is 6.70. The van der Waals surface area contributed by atoms with E-state index < -0.39 is 55.3 Å². The molecule has 0 aromatic heterocycles. The van der Waals surface area contributed by atoms with Crippen LogP contribution < -0.4 is 0 Å². The minimum absolute atomic E-state index is 0.283. The molecule has 11 atom stereocenters. The predicted octanol–water partition coefficient (Wildman–Crippen LogP) is -1.66. The van der Waals surface area contributed by atoms with Gasteiger partial charge in [-0.05, 0) is 42.4 Å². The predicted molar refractivity (Wildman–Crippen MR) is 104 cm³/mol. The molecule has 2 heterocycles. The Labute approximate surface area is 181 Å². The van der Waals surface area contributed by atoms with E-state index in [-0.39, 0.29) is 13.2 Å². The molecule has 5 rings (SSSR count). The average molecular weight is 449 g/mol. The van der Waals surface area contributed by atoms with Crippen molar-refractivity contribution >= 4 is 0 Å². The topological polar surface area (TPSA) is 158 Å². The molecule has 2 saturated heterocycles. The van der Waals surface area contributed by atoms with Crippen LogP contribution in [0.15, 0.2) is 0 Å². The summed E-state index contributed by atoms with van der Waals surface area (Å²) in [6.45, 7) is 3.68. The van der Waals surface area contributed by atoms with Crippen molar-refractivity contribution in [3.05, 3.63) is 0 Å². The standard InChI is InChI=1S/C21H36O10/c1-20(2)11-4-3-10(12(20)5-11)6-28-18-16(25)15(24)14(23)13(31-18)7-29-19-17(26)21(27,8-22)9-30-19/h10-19,22-27H,3-9H2,1-2H3/t10-,11-,12+,13+,14+,15-,16+,17-,18+,19+,21+/m0/s1. The van der Waals surface area contributed by atoms with Gasteiger partial charge in [0, 0.05) is 0 Å². The molecular weight excluding hydrogens is 412 g/mol. The normalized spacial score (nSPS) is 51.5. The third kappa shape index (κ3) is 4.16. The van der Waals surface area contributed by atoms with Gasteiger partial charge in [-0.3, -0.25) is 0 Å². The van der Waals surface area contributed by atoms with Gasteiger partial charge < -0.3 is 49.6 Å². The molecule has 5 fully saturated rings. The lowest BCUT2D eigenvalue weighted by molar-refractivity contribution is -0.314. The highest BCUT2D eigenvalue weighted by molar-refractivity contribution is 5.03. The van der Waals surface area contributed by atoms with Crippen LogP contribution in [0.4, 0.5) is 0 Å². The Morgan fingerprint density at radius 3 is 2.26 bits per heavy atom. The summed E-state index contributed by atoms with van der Waals surface area (Å²) in [6, 6.07) is 0. The van der Waals surface area contributed by atoms with Crippen LogP contribution in [0.25, 0.3) is 0 Å². The van der Waals surface area contributed by atoms with Crippen LogP contribution in [0.5, 0.6) is 0 Å². The first-order chi connectivity index (χ1) is 14.6. The highest BCUT2D eigenvalue weighted by Gasteiger charge is 2.55. The monoisotopic (exact) mass is 448 g/mol. The van der Waals surface area contributed by atoms with Crippen molar-refractivity contribution in [3.8, 4) is 0 Å². The summed E-state index contributed by atoms with van der Waals surface area (Å²) in [6.07, 6.45) is -5.82. The summed E-state index contributed by atoms with van der Waals surface area (Å²) in [5.41, 5.74) is -1.53. The first kappa shape index (κ1) is 23.7. The molecule has 0 aromatic carbocycles. The summed E-state index contributed by atoms with van der Waals surface area (Å²) < 4.78 is 22.1. The lowest BCUT2D eigenvalue weighted by Gasteiger charge is -2.60. The van der Waals surface area contributed by atoms with Gasteiger partial charge >= 0.3 is 0 Å². The molecule has 0 radical (unpaired) electrons. The molecule has 180 valence electrons. The Bertz CT molecular complexity index is 629. The van der Waals surface area contributed by atoms with Crippen molar-refractivity contribution in [3.63, 3.8) is 0 Å². The van der Waals surface area contributed by atoms with E-state index in [4.69, 9.17) is 18.9 Å². The number of aliphatic hydroxyl groups excluding tert-OH is 5. The number of ether oxygens (including phenoxy) is 4. The molecule has 0 amide bonds. The molecule has 0 unspecified atom stereocenters. The fraction of sp³-hybridized carbons (Fsp3) is 1.00. The van der Waals surface area contributed by atoms with E-state index in [0.29, 0.717) is 23.9 Å². The minimum Gasteiger partial charge on any atom is -0.393 e. The lowest BCUT2D eigenvalue weighted by Crippen LogP contribution is -2.60. The third-order valence-electron chi connectivity index (χ3n) is 8.15. The second-order valence-corrected chi connectivity index (χ2v) is 10.3. The number of rotatable bonds is 7. The Morgan fingerprint density at radius 2 is 1.65 bits per heavy atom. The summed E-state index contributed by atoms with van der Waals surface area (Å²) in [7, 11) is 0. The van der Waals surface area contributed by atoms with Gasteiger partial charge in [-0.15, -0.1) is 0 Å². The second-order valence-electron chi connectivity index (χ2n) is 10.3. The zero-order valence-electron chi connectivity index (χ0n) is 18.0. The zero-order valence-corrected chi connectivity index (χ0v) is 18.0. The van der Waals surface area contributed by atoms with Crippen molar-refractivity contribution in [1.29, 1.82) is 0 Å². The number of hydrogen-bond donors (Lipinski definition) is 6. The molecule has 3 aliphatic carbocycles. The van der Waals surface area contributed by atoms with E-state index in [1.165, 1.54) is 6.42 Å². The number of aliphatic hydroxyl groups is 6. The third-order valence-corrected chi connectivity index (χ3v) is 8.15. The first-order valence-electron chi connectivity index (χ1n) is 11.1. The van der Waals surface area contributed by atoms with Crippen molar-refractivity contribution < 1.29 is 49.6 Å². The van der Waals surface area contributed by atoms with Crippen LogP contribution in [-0.4, -0.2) is 106 Å². The molecule has 31 heavy (non-hydrogen) atoms. The van der Waals surface area contributed by atoms with Gasteiger partial charge in [-0.25, -0.2) is 0 Å². The molecule has 6 N–H and O–H groups in total. The van der Waals surface area contributed by atoms with Crippen molar-refractivity contribution in [2.45, 2.75) is 81.8 Å². The average Bonchev–Trinajstić information content (AvgIpc) is 3.05. The maximum absolute atomic E-state index is 10.3. The van der Waals surface area contributed by atoms with Crippen LogP contribution in [0.1, 0.15) is 33.1 Å². The smallest absolute Gasteiger partial charge is 0.186 e. The maximum atomic E-state index is 10.3. The molecular formula is C21H36O10. The van der Waals surface area contributed by atoms with Crippen LogP contribution in [0.3, 0.4) is 0 Å². The Morgan fingerprint density at radius 1 is 0.935 bits per heavy atom. The highest BCUT2D eigenvalue weighted by Crippen LogP contribution is 2.61. The lowest BCUT2D eigenvalue weighted by atomic mass is 9.46. The van der Waals surface area contributed by atoms with Crippen molar-refractivity contribution in [2.24, 2.45) is 23.2 Å². The van der Waals surface area contributed by atoms with Gasteiger partial charge in [-0.1, -0.05) is 13.8 Å². The Hall–Kier alpha value is -0.400. The van der Waals surface area contributed by atoms with Gasteiger partial charge in [-0.2, -0.15) is 0 Å². The van der Waals surface area contributed by atoms with E-state index in [0.717, 1.165) is 18.8 Å². The van der Waals surface area contributed by atoms with E-state index >= 15 is 0 Å². The van der Waals surface area contributed by atoms with E-state index in [1.54, 1.807) is 0 Å². The largest absolute Gasteiger partial charge is 0.393 e. The second kappa shape index (κ2) is 8.75. The summed E-state index contributed by atoms with van der Waals surface area (Å²) in [5.74, 6) is 1.68. The van der Waals surface area contributed by atoms with Gasteiger partial charge in [0.15, 0.2) is 12.6 Å². The molecule has 3 saturated carbocycles. The van der Waals surface area contributed by atoms with Crippen LogP contribution in [0, 0.1) is 23.2 Å². The van der Waals surface area contributed by atoms with Crippen LogP contribution in [-0.2, 0) is 18.9 Å². The fourth-order valence-corrected chi connectivity index (χ4v) is 5.70. The van der Waals surface area contributed by atoms with Crippen LogP contribution in [0.2, 0.25) is 0 Å². The van der Waals surface area contributed by atoms with Gasteiger partial charge in [0.05, 0.1) is 26.4 Å². The SMILES string of the molecule is CC1(C)[C@H]2CC[C@@H](CO[C@@H]3O[C@H](CO[C@@H]4OC[C@](O)(CO)[C@H]4O)[C@@H](O)[C@H](O)[C@H]3O)[C@H]1C2. The van der Waals surface area contributed by atoms with Gasteiger partial charge in [0.25, 0.3) is 0 Å². The van der Waals surface area contributed by atoms with Crippen LogP contribution >= 0.6 is 0 Å². The van der Waals surface area contributed by atoms with Crippen molar-refractivity contribution in [2.75, 3.05) is 26.4 Å². The molecule has 2 bridgehead atoms. The van der Waals surface area contributed by atoms with E-state index in [9.17, 15) is 30.6 Å². The van der Waals surface area contributed by atoms with Gasteiger partial charge in [0.2, 0.25) is 0 Å². The summed E-state index contributed by atoms with van der Waals surface area (Å²) in [4.78, 5) is 0. The molecule has 10 heteroatoms. The quantitative estimate of drug-likeness (QED) is 0.266. The summed E-state index contributed by atoms with van der Waals surface area (Å²) in [5, 5.41) is 60.2. The minimum atomic E-state index is -1.83. The van der Waals surface area contributed by atoms with E-state index in [2.05, 4.69) is 13.8 Å². The zero-order chi connectivity index (χ0) is 22.6. The maximum Gasteiger partial charge on any atom is 0.186 e. The van der Waals surface area contributed by atoms with E-state index in [1.807, 2.05) is 0 Å². The van der Waals surface area contributed by atoms with Crippen molar-refractivity contribution in [1.82, 2.24) is 0 Å². The Balaban J connectivity index is 1.31. The summed E-state index contributed by atoms with van der Waals surface area (Å²) >= 11 is 0. The van der Waals surface area contributed by atoms with Gasteiger partial charge in [0.1, 0.15) is 36.1 Å². The molecule has 0 aromatic rings. The fourth-order valence-electron chi connectivity index (χ4n) is 5.70.